The molecule has 0 atom stereocenters. The van der Waals surface area contributed by atoms with Gasteiger partial charge in [-0.05, 0) is 35.4 Å². The summed E-state index contributed by atoms with van der Waals surface area (Å²) >= 11 is 0. The van der Waals surface area contributed by atoms with Gasteiger partial charge in [0.1, 0.15) is 0 Å². The molecule has 0 spiro atoms. The van der Waals surface area contributed by atoms with Crippen LogP contribution in [0.4, 0.5) is 0 Å². The molecule has 0 saturated carbocycles. The number of nitrogens with zero attached hydrogens (tertiary/aromatic N) is 5. The SMILES string of the molecule is O=c1c2cnc3ccn(Cc4cccnc4)c(=O)c3c2ccn1Cc1cccnc1. The number of aromatic nitrogens is 5. The second kappa shape index (κ2) is 7.36. The number of hydrogen-bond acceptors (Lipinski definition) is 5. The van der Waals surface area contributed by atoms with Crippen LogP contribution >= 0.6 is 0 Å². The highest BCUT2D eigenvalue weighted by molar-refractivity contribution is 6.04. The predicted molar refractivity (Wildman–Crippen MR) is 114 cm³/mol. The average molecular weight is 395 g/mol. The Balaban J connectivity index is 1.65. The molecule has 0 unspecified atom stereocenters. The number of fused-ring (bicyclic) bond motifs is 3. The van der Waals surface area contributed by atoms with Gasteiger partial charge in [-0.15, -0.1) is 0 Å². The molecule has 0 aliphatic carbocycles. The summed E-state index contributed by atoms with van der Waals surface area (Å²) in [4.78, 5) is 38.8. The molecule has 7 nitrogen and oxygen atoms in total. The Morgan fingerprint density at radius 3 is 1.97 bits per heavy atom. The van der Waals surface area contributed by atoms with Crippen molar-refractivity contribution in [1.82, 2.24) is 24.1 Å². The van der Waals surface area contributed by atoms with Gasteiger partial charge in [-0.1, -0.05) is 12.1 Å². The zero-order chi connectivity index (χ0) is 20.5. The van der Waals surface area contributed by atoms with Crippen LogP contribution in [0.15, 0.2) is 89.4 Å². The van der Waals surface area contributed by atoms with Crippen molar-refractivity contribution in [2.75, 3.05) is 0 Å². The molecule has 0 saturated heterocycles. The van der Waals surface area contributed by atoms with Gasteiger partial charge in [0.05, 0.1) is 29.4 Å². The predicted octanol–water partition coefficient (Wildman–Crippen LogP) is 2.60. The van der Waals surface area contributed by atoms with Crippen molar-refractivity contribution in [3.05, 3.63) is 112 Å². The van der Waals surface area contributed by atoms with Crippen LogP contribution in [0, 0.1) is 0 Å². The smallest absolute Gasteiger partial charge is 0.260 e. The summed E-state index contributed by atoms with van der Waals surface area (Å²) in [6.45, 7) is 0.803. The van der Waals surface area contributed by atoms with Gasteiger partial charge < -0.3 is 9.13 Å². The maximum Gasteiger partial charge on any atom is 0.260 e. The van der Waals surface area contributed by atoms with E-state index >= 15 is 0 Å². The number of hydrogen-bond donors (Lipinski definition) is 0. The molecule has 0 radical (unpaired) electrons. The molecular weight excluding hydrogens is 378 g/mol. The molecule has 0 fully saturated rings. The molecule has 5 aromatic rings. The molecular formula is C23H17N5O2. The Hall–Kier alpha value is -4.13. The van der Waals surface area contributed by atoms with E-state index in [4.69, 9.17) is 0 Å². The fourth-order valence-corrected chi connectivity index (χ4v) is 3.62. The zero-order valence-electron chi connectivity index (χ0n) is 16.0. The maximum absolute atomic E-state index is 13.2. The van der Waals surface area contributed by atoms with Gasteiger partial charge in [-0.25, -0.2) is 0 Å². The molecule has 0 aromatic carbocycles. The minimum Gasteiger partial charge on any atom is -0.310 e. The lowest BCUT2D eigenvalue weighted by molar-refractivity contribution is 0.761. The van der Waals surface area contributed by atoms with Gasteiger partial charge in [0.15, 0.2) is 0 Å². The molecule has 5 heterocycles. The summed E-state index contributed by atoms with van der Waals surface area (Å²) in [5.41, 5.74) is 2.04. The van der Waals surface area contributed by atoms with Crippen molar-refractivity contribution in [2.45, 2.75) is 13.1 Å². The van der Waals surface area contributed by atoms with E-state index in [1.807, 2.05) is 30.3 Å². The van der Waals surface area contributed by atoms with Crippen LogP contribution < -0.4 is 11.1 Å². The van der Waals surface area contributed by atoms with Crippen LogP contribution in [0.2, 0.25) is 0 Å². The molecule has 0 bridgehead atoms. The van der Waals surface area contributed by atoms with Gasteiger partial charge in [0.2, 0.25) is 0 Å². The van der Waals surface area contributed by atoms with E-state index in [0.29, 0.717) is 34.8 Å². The van der Waals surface area contributed by atoms with Gasteiger partial charge in [-0.3, -0.25) is 24.5 Å². The van der Waals surface area contributed by atoms with Gasteiger partial charge >= 0.3 is 0 Å². The summed E-state index contributed by atoms with van der Waals surface area (Å²) in [6.07, 6.45) is 11.8. The minimum absolute atomic E-state index is 0.182. The Morgan fingerprint density at radius 2 is 1.33 bits per heavy atom. The Morgan fingerprint density at radius 1 is 0.700 bits per heavy atom. The van der Waals surface area contributed by atoms with E-state index in [2.05, 4.69) is 15.0 Å². The van der Waals surface area contributed by atoms with E-state index in [9.17, 15) is 9.59 Å². The van der Waals surface area contributed by atoms with Crippen molar-refractivity contribution < 1.29 is 0 Å². The molecule has 0 amide bonds. The maximum atomic E-state index is 13.2. The summed E-state index contributed by atoms with van der Waals surface area (Å²) in [5, 5.41) is 1.48. The topological polar surface area (TPSA) is 82.7 Å². The van der Waals surface area contributed by atoms with Crippen LogP contribution in [-0.4, -0.2) is 24.1 Å². The largest absolute Gasteiger partial charge is 0.310 e. The van der Waals surface area contributed by atoms with Crippen LogP contribution in [0.25, 0.3) is 21.7 Å². The second-order valence-corrected chi connectivity index (χ2v) is 7.07. The van der Waals surface area contributed by atoms with Crippen LogP contribution in [0.5, 0.6) is 0 Å². The van der Waals surface area contributed by atoms with Crippen molar-refractivity contribution in [2.24, 2.45) is 0 Å². The monoisotopic (exact) mass is 395 g/mol. The van der Waals surface area contributed by atoms with Crippen molar-refractivity contribution in [3.63, 3.8) is 0 Å². The van der Waals surface area contributed by atoms with Crippen molar-refractivity contribution in [3.8, 4) is 0 Å². The summed E-state index contributed by atoms with van der Waals surface area (Å²) in [7, 11) is 0. The lowest BCUT2D eigenvalue weighted by Gasteiger charge is -2.10. The fourth-order valence-electron chi connectivity index (χ4n) is 3.62. The Kier molecular flexibility index (Phi) is 4.40. The first kappa shape index (κ1) is 17.9. The highest BCUT2D eigenvalue weighted by Gasteiger charge is 2.12. The normalized spacial score (nSPS) is 11.2. The Labute approximate surface area is 170 Å². The zero-order valence-corrected chi connectivity index (χ0v) is 16.0. The number of pyridine rings is 5. The van der Waals surface area contributed by atoms with E-state index in [1.165, 1.54) is 0 Å². The highest BCUT2D eigenvalue weighted by atomic mass is 16.1. The minimum atomic E-state index is -0.187. The molecule has 30 heavy (non-hydrogen) atoms. The van der Waals surface area contributed by atoms with Crippen molar-refractivity contribution in [1.29, 1.82) is 0 Å². The van der Waals surface area contributed by atoms with Crippen LogP contribution in [0.3, 0.4) is 0 Å². The molecule has 0 aliphatic heterocycles. The molecule has 7 heteroatoms. The average Bonchev–Trinajstić information content (AvgIpc) is 2.79. The van der Waals surface area contributed by atoms with Crippen LogP contribution in [0.1, 0.15) is 11.1 Å². The van der Waals surface area contributed by atoms with Gasteiger partial charge in [-0.2, -0.15) is 0 Å². The quantitative estimate of drug-likeness (QED) is 0.437. The third-order valence-electron chi connectivity index (χ3n) is 5.10. The van der Waals surface area contributed by atoms with Crippen LogP contribution in [-0.2, 0) is 13.1 Å². The standard InChI is InChI=1S/C23H17N5O2/c29-22-19-13-26-20-6-10-28(15-17-4-2-8-25-12-17)23(30)21(20)18(19)5-9-27(22)14-16-3-1-7-24-11-16/h1-13H,14-15H2. The molecule has 5 aromatic heterocycles. The van der Waals surface area contributed by atoms with Gasteiger partial charge in [0.25, 0.3) is 11.1 Å². The third kappa shape index (κ3) is 3.16. The van der Waals surface area contributed by atoms with E-state index in [1.54, 1.807) is 58.6 Å². The number of rotatable bonds is 4. The van der Waals surface area contributed by atoms with E-state index in [-0.39, 0.29) is 11.1 Å². The van der Waals surface area contributed by atoms with Gasteiger partial charge in [0, 0.05) is 48.8 Å². The van der Waals surface area contributed by atoms with E-state index < -0.39 is 0 Å². The first-order valence-electron chi connectivity index (χ1n) is 9.50. The fraction of sp³-hybridized carbons (Fsp3) is 0.0870. The molecule has 0 N–H and O–H groups in total. The third-order valence-corrected chi connectivity index (χ3v) is 5.10. The van der Waals surface area contributed by atoms with Crippen molar-refractivity contribution >= 4 is 21.7 Å². The van der Waals surface area contributed by atoms with E-state index in [0.717, 1.165) is 11.1 Å². The molecule has 0 aliphatic rings. The first-order valence-corrected chi connectivity index (χ1v) is 9.50. The second-order valence-electron chi connectivity index (χ2n) is 7.07. The summed E-state index contributed by atoms with van der Waals surface area (Å²) in [6, 6.07) is 11.1. The summed E-state index contributed by atoms with van der Waals surface area (Å²) in [5.74, 6) is 0. The first-order chi connectivity index (χ1) is 14.7. The molecule has 146 valence electrons. The lowest BCUT2D eigenvalue weighted by Crippen LogP contribution is -2.23. The highest BCUT2D eigenvalue weighted by Crippen LogP contribution is 2.18. The molecule has 5 rings (SSSR count). The summed E-state index contributed by atoms with van der Waals surface area (Å²) < 4.78 is 3.21. The Bertz CT molecular complexity index is 1470. The lowest BCUT2D eigenvalue weighted by atomic mass is 10.1.